The van der Waals surface area contributed by atoms with Crippen LogP contribution in [-0.2, 0) is 9.59 Å². The second-order valence-electron chi connectivity index (χ2n) is 7.69. The highest BCUT2D eigenvalue weighted by molar-refractivity contribution is 5.92. The second-order valence-corrected chi connectivity index (χ2v) is 7.69. The number of amides is 2. The number of benzene rings is 1. The van der Waals surface area contributed by atoms with Crippen LogP contribution < -0.4 is 5.32 Å². The van der Waals surface area contributed by atoms with Crippen molar-refractivity contribution in [2.45, 2.75) is 40.2 Å². The van der Waals surface area contributed by atoms with E-state index in [1.54, 1.807) is 0 Å². The summed E-state index contributed by atoms with van der Waals surface area (Å²) in [5.41, 5.74) is 1.93. The molecule has 1 fully saturated rings. The van der Waals surface area contributed by atoms with Gasteiger partial charge in [-0.1, -0.05) is 31.5 Å². The lowest BCUT2D eigenvalue weighted by molar-refractivity contribution is -0.139. The van der Waals surface area contributed by atoms with Crippen molar-refractivity contribution in [3.63, 3.8) is 0 Å². The Balaban J connectivity index is 1.88. The Hall–Kier alpha value is -1.88. The van der Waals surface area contributed by atoms with Crippen molar-refractivity contribution in [3.05, 3.63) is 29.8 Å². The molecule has 25 heavy (non-hydrogen) atoms. The number of rotatable bonds is 5. The lowest BCUT2D eigenvalue weighted by Crippen LogP contribution is -2.51. The summed E-state index contributed by atoms with van der Waals surface area (Å²) >= 11 is 0. The van der Waals surface area contributed by atoms with Gasteiger partial charge in [-0.15, -0.1) is 0 Å². The summed E-state index contributed by atoms with van der Waals surface area (Å²) in [4.78, 5) is 28.8. The predicted octanol–water partition coefficient (Wildman–Crippen LogP) is 2.76. The van der Waals surface area contributed by atoms with Crippen LogP contribution in [0, 0.1) is 18.8 Å². The topological polar surface area (TPSA) is 52.7 Å². The summed E-state index contributed by atoms with van der Waals surface area (Å²) in [6, 6.07) is 7.40. The Morgan fingerprint density at radius 2 is 1.76 bits per heavy atom. The standard InChI is InChI=1S/C20H31N3O2/c1-14-6-8-18(9-7-14)21-19(24)13-22(5)17(4)20(25)23-11-15(2)10-16(3)12-23/h6-9,15-17H,10-13H2,1-5H3,(H,21,24)/t15-,16-,17+/m0/s1. The SMILES string of the molecule is Cc1ccc(NC(=O)CN(C)[C@H](C)C(=O)N2C[C@@H](C)C[C@H](C)C2)cc1. The van der Waals surface area contributed by atoms with Crippen molar-refractivity contribution in [1.29, 1.82) is 0 Å². The zero-order chi connectivity index (χ0) is 18.6. The smallest absolute Gasteiger partial charge is 0.239 e. The molecule has 1 aliphatic rings. The first-order valence-electron chi connectivity index (χ1n) is 9.11. The van der Waals surface area contributed by atoms with Crippen LogP contribution in [0.1, 0.15) is 32.8 Å². The van der Waals surface area contributed by atoms with E-state index in [0.29, 0.717) is 11.8 Å². The Labute approximate surface area is 151 Å². The third-order valence-corrected chi connectivity index (χ3v) is 4.93. The first-order valence-corrected chi connectivity index (χ1v) is 9.11. The number of carbonyl (C=O) groups is 2. The molecule has 0 spiro atoms. The monoisotopic (exact) mass is 345 g/mol. The minimum atomic E-state index is -0.304. The number of nitrogens with one attached hydrogen (secondary N) is 1. The number of hydrogen-bond donors (Lipinski definition) is 1. The average molecular weight is 345 g/mol. The van der Waals surface area contributed by atoms with Gasteiger partial charge in [-0.3, -0.25) is 14.5 Å². The number of nitrogens with zero attached hydrogens (tertiary/aromatic N) is 2. The fraction of sp³-hybridized carbons (Fsp3) is 0.600. The molecule has 2 amide bonds. The van der Waals surface area contributed by atoms with E-state index >= 15 is 0 Å². The number of likely N-dealkylation sites (N-methyl/N-ethyl adjacent to an activating group) is 1. The first-order chi connectivity index (χ1) is 11.8. The highest BCUT2D eigenvalue weighted by Crippen LogP contribution is 2.22. The molecule has 0 aromatic heterocycles. The maximum Gasteiger partial charge on any atom is 0.239 e. The quantitative estimate of drug-likeness (QED) is 0.893. The molecule has 0 aliphatic carbocycles. The van der Waals surface area contributed by atoms with Crippen molar-refractivity contribution >= 4 is 17.5 Å². The van der Waals surface area contributed by atoms with Crippen molar-refractivity contribution in [3.8, 4) is 0 Å². The third-order valence-electron chi connectivity index (χ3n) is 4.93. The van der Waals surface area contributed by atoms with E-state index in [4.69, 9.17) is 0 Å². The van der Waals surface area contributed by atoms with Gasteiger partial charge in [0.05, 0.1) is 12.6 Å². The van der Waals surface area contributed by atoms with Gasteiger partial charge in [0.15, 0.2) is 0 Å². The fourth-order valence-corrected chi connectivity index (χ4v) is 3.50. The van der Waals surface area contributed by atoms with Crippen LogP contribution in [0.4, 0.5) is 5.69 Å². The molecule has 0 saturated carbocycles. The Kier molecular flexibility index (Phi) is 6.59. The molecular formula is C20H31N3O2. The number of anilines is 1. The summed E-state index contributed by atoms with van der Waals surface area (Å²) in [6.45, 7) is 10.1. The fourth-order valence-electron chi connectivity index (χ4n) is 3.50. The lowest BCUT2D eigenvalue weighted by Gasteiger charge is -2.38. The third kappa shape index (κ3) is 5.56. The van der Waals surface area contributed by atoms with Crippen LogP contribution in [0.3, 0.4) is 0 Å². The van der Waals surface area contributed by atoms with Gasteiger partial charge < -0.3 is 10.2 Å². The van der Waals surface area contributed by atoms with Gasteiger partial charge in [0, 0.05) is 18.8 Å². The lowest BCUT2D eigenvalue weighted by atomic mass is 9.91. The normalized spacial score (nSPS) is 21.9. The van der Waals surface area contributed by atoms with E-state index in [-0.39, 0.29) is 24.4 Å². The summed E-state index contributed by atoms with van der Waals surface area (Å²) in [5, 5.41) is 2.88. The van der Waals surface area contributed by atoms with Crippen LogP contribution in [-0.4, -0.2) is 54.3 Å². The minimum Gasteiger partial charge on any atom is -0.341 e. The number of likely N-dealkylation sites (tertiary alicyclic amines) is 1. The van der Waals surface area contributed by atoms with Crippen LogP contribution >= 0.6 is 0 Å². The van der Waals surface area contributed by atoms with E-state index in [9.17, 15) is 9.59 Å². The van der Waals surface area contributed by atoms with Gasteiger partial charge in [-0.05, 0) is 51.3 Å². The molecule has 0 radical (unpaired) electrons. The Morgan fingerprint density at radius 1 is 1.20 bits per heavy atom. The maximum absolute atomic E-state index is 12.8. The summed E-state index contributed by atoms with van der Waals surface area (Å²) in [5.74, 6) is 1.08. The van der Waals surface area contributed by atoms with Gasteiger partial charge in [0.1, 0.15) is 0 Å². The number of hydrogen-bond acceptors (Lipinski definition) is 3. The Morgan fingerprint density at radius 3 is 2.32 bits per heavy atom. The van der Waals surface area contributed by atoms with Crippen molar-refractivity contribution < 1.29 is 9.59 Å². The average Bonchev–Trinajstić information content (AvgIpc) is 2.54. The number of carbonyl (C=O) groups excluding carboxylic acids is 2. The van der Waals surface area contributed by atoms with Crippen LogP contribution in [0.2, 0.25) is 0 Å². The molecule has 0 bridgehead atoms. The molecule has 1 saturated heterocycles. The summed E-state index contributed by atoms with van der Waals surface area (Å²) in [7, 11) is 1.83. The molecule has 5 nitrogen and oxygen atoms in total. The van der Waals surface area contributed by atoms with Gasteiger partial charge in [0.2, 0.25) is 11.8 Å². The zero-order valence-electron chi connectivity index (χ0n) is 16.1. The highest BCUT2D eigenvalue weighted by Gasteiger charge is 2.30. The molecule has 138 valence electrons. The van der Waals surface area contributed by atoms with Crippen LogP contribution in [0.15, 0.2) is 24.3 Å². The van der Waals surface area contributed by atoms with E-state index in [0.717, 1.165) is 24.3 Å². The van der Waals surface area contributed by atoms with Crippen molar-refractivity contribution in [1.82, 2.24) is 9.80 Å². The highest BCUT2D eigenvalue weighted by atomic mass is 16.2. The molecule has 1 N–H and O–H groups in total. The molecule has 3 atom stereocenters. The summed E-state index contributed by atoms with van der Waals surface area (Å²) in [6.07, 6.45) is 1.17. The summed E-state index contributed by atoms with van der Waals surface area (Å²) < 4.78 is 0. The van der Waals surface area contributed by atoms with Crippen molar-refractivity contribution in [2.24, 2.45) is 11.8 Å². The largest absolute Gasteiger partial charge is 0.341 e. The maximum atomic E-state index is 12.8. The number of aryl methyl sites for hydroxylation is 1. The molecule has 1 aromatic rings. The minimum absolute atomic E-state index is 0.105. The van der Waals surface area contributed by atoms with E-state index < -0.39 is 0 Å². The molecule has 1 heterocycles. The predicted molar refractivity (Wildman–Crippen MR) is 101 cm³/mol. The van der Waals surface area contributed by atoms with Crippen LogP contribution in [0.25, 0.3) is 0 Å². The Bertz CT molecular complexity index is 589. The van der Waals surface area contributed by atoms with Crippen LogP contribution in [0.5, 0.6) is 0 Å². The molecule has 0 unspecified atom stereocenters. The second kappa shape index (κ2) is 8.48. The molecule has 5 heteroatoms. The van der Waals surface area contributed by atoms with Gasteiger partial charge in [-0.2, -0.15) is 0 Å². The van der Waals surface area contributed by atoms with E-state index in [1.165, 1.54) is 6.42 Å². The molecule has 1 aliphatic heterocycles. The zero-order valence-corrected chi connectivity index (χ0v) is 16.1. The number of piperidine rings is 1. The molecule has 2 rings (SSSR count). The van der Waals surface area contributed by atoms with Gasteiger partial charge in [-0.25, -0.2) is 0 Å². The van der Waals surface area contributed by atoms with E-state index in [1.807, 2.05) is 55.0 Å². The van der Waals surface area contributed by atoms with Crippen molar-refractivity contribution in [2.75, 3.05) is 32.0 Å². The van der Waals surface area contributed by atoms with Gasteiger partial charge in [0.25, 0.3) is 0 Å². The first kappa shape index (κ1) is 19.4. The molecule has 1 aromatic carbocycles. The molecular weight excluding hydrogens is 314 g/mol. The van der Waals surface area contributed by atoms with E-state index in [2.05, 4.69) is 19.2 Å². The van der Waals surface area contributed by atoms with Gasteiger partial charge >= 0.3 is 0 Å².